The summed E-state index contributed by atoms with van der Waals surface area (Å²) in [6, 6.07) is 8.96. The second kappa shape index (κ2) is 9.26. The molecule has 8 heteroatoms. The first kappa shape index (κ1) is 19.8. The lowest BCUT2D eigenvalue weighted by Gasteiger charge is -2.29. The van der Waals surface area contributed by atoms with E-state index in [4.69, 9.17) is 9.47 Å². The fraction of sp³-hybridized carbons (Fsp3) is 0.333. The van der Waals surface area contributed by atoms with Crippen molar-refractivity contribution in [1.82, 2.24) is 10.3 Å². The highest BCUT2D eigenvalue weighted by Crippen LogP contribution is 2.31. The van der Waals surface area contributed by atoms with Crippen LogP contribution in [0.15, 0.2) is 36.5 Å². The molecular weight excluding hydrogens is 356 g/mol. The number of anilines is 2. The average Bonchev–Trinajstić information content (AvgIpc) is 2.68. The van der Waals surface area contributed by atoms with Gasteiger partial charge in [-0.3, -0.25) is 4.79 Å². The molecule has 1 fully saturated rings. The van der Waals surface area contributed by atoms with Crippen molar-refractivity contribution in [1.29, 1.82) is 0 Å². The SMILES string of the molecule is COc1cccc(C(=O)Nc2ccc(N3CCNCC3)cn2)c1OC.Cl. The smallest absolute Gasteiger partial charge is 0.260 e. The Bertz CT molecular complexity index is 734. The molecule has 0 bridgehead atoms. The fourth-order valence-corrected chi connectivity index (χ4v) is 2.82. The third-order valence-corrected chi connectivity index (χ3v) is 4.12. The van der Waals surface area contributed by atoms with E-state index >= 15 is 0 Å². The number of nitrogens with zero attached hydrogens (tertiary/aromatic N) is 2. The van der Waals surface area contributed by atoms with Gasteiger partial charge < -0.3 is 25.0 Å². The van der Waals surface area contributed by atoms with E-state index in [2.05, 4.69) is 20.5 Å². The minimum Gasteiger partial charge on any atom is -0.493 e. The van der Waals surface area contributed by atoms with Crippen molar-refractivity contribution >= 4 is 29.8 Å². The van der Waals surface area contributed by atoms with Crippen LogP contribution in [-0.2, 0) is 0 Å². The number of halogens is 1. The normalized spacial score (nSPS) is 13.5. The first-order valence-corrected chi connectivity index (χ1v) is 8.17. The van der Waals surface area contributed by atoms with Gasteiger partial charge in [0.25, 0.3) is 5.91 Å². The van der Waals surface area contributed by atoms with Crippen LogP contribution in [0.25, 0.3) is 0 Å². The van der Waals surface area contributed by atoms with Gasteiger partial charge in [0.2, 0.25) is 0 Å². The highest BCUT2D eigenvalue weighted by molar-refractivity contribution is 6.06. The molecule has 7 nitrogen and oxygen atoms in total. The average molecular weight is 379 g/mol. The van der Waals surface area contributed by atoms with Crippen LogP contribution in [0.3, 0.4) is 0 Å². The van der Waals surface area contributed by atoms with E-state index in [-0.39, 0.29) is 18.3 Å². The van der Waals surface area contributed by atoms with E-state index in [1.165, 1.54) is 14.2 Å². The zero-order chi connectivity index (χ0) is 17.6. The third kappa shape index (κ3) is 4.36. The largest absolute Gasteiger partial charge is 0.493 e. The molecule has 3 rings (SSSR count). The first-order chi connectivity index (χ1) is 12.2. The minimum absolute atomic E-state index is 0. The Morgan fingerprint density at radius 1 is 1.15 bits per heavy atom. The second-order valence-corrected chi connectivity index (χ2v) is 5.63. The zero-order valence-electron chi connectivity index (χ0n) is 14.8. The molecule has 0 radical (unpaired) electrons. The Hall–Kier alpha value is -2.51. The number of benzene rings is 1. The van der Waals surface area contributed by atoms with E-state index in [1.54, 1.807) is 24.4 Å². The van der Waals surface area contributed by atoms with Crippen molar-refractivity contribution in [3.63, 3.8) is 0 Å². The summed E-state index contributed by atoms with van der Waals surface area (Å²) in [6.45, 7) is 3.84. The summed E-state index contributed by atoms with van der Waals surface area (Å²) in [5.74, 6) is 1.11. The Morgan fingerprint density at radius 2 is 1.92 bits per heavy atom. The fourth-order valence-electron chi connectivity index (χ4n) is 2.82. The Kier molecular flexibility index (Phi) is 7.06. The van der Waals surface area contributed by atoms with Gasteiger partial charge in [0.1, 0.15) is 5.82 Å². The monoisotopic (exact) mass is 378 g/mol. The number of hydrogen-bond donors (Lipinski definition) is 2. The van der Waals surface area contributed by atoms with Crippen LogP contribution in [0, 0.1) is 0 Å². The molecule has 0 unspecified atom stereocenters. The number of nitrogens with one attached hydrogen (secondary N) is 2. The van der Waals surface area contributed by atoms with Crippen LogP contribution < -0.4 is 25.0 Å². The van der Waals surface area contributed by atoms with Crippen molar-refractivity contribution in [2.45, 2.75) is 0 Å². The lowest BCUT2D eigenvalue weighted by atomic mass is 10.1. The number of ether oxygens (including phenoxy) is 2. The van der Waals surface area contributed by atoms with Crippen LogP contribution in [0.2, 0.25) is 0 Å². The maximum atomic E-state index is 12.5. The van der Waals surface area contributed by atoms with Crippen LogP contribution in [0.5, 0.6) is 11.5 Å². The Morgan fingerprint density at radius 3 is 2.54 bits per heavy atom. The number of para-hydroxylation sites is 1. The number of pyridine rings is 1. The molecule has 1 aliphatic heterocycles. The molecule has 2 heterocycles. The summed E-state index contributed by atoms with van der Waals surface area (Å²) in [7, 11) is 3.05. The molecule has 1 amide bonds. The quantitative estimate of drug-likeness (QED) is 0.830. The summed E-state index contributed by atoms with van der Waals surface area (Å²) in [4.78, 5) is 19.2. The summed E-state index contributed by atoms with van der Waals surface area (Å²) in [5, 5.41) is 6.12. The summed E-state index contributed by atoms with van der Waals surface area (Å²) in [5.41, 5.74) is 1.45. The third-order valence-electron chi connectivity index (χ3n) is 4.12. The number of piperazine rings is 1. The van der Waals surface area contributed by atoms with E-state index < -0.39 is 0 Å². The van der Waals surface area contributed by atoms with Crippen molar-refractivity contribution in [2.24, 2.45) is 0 Å². The van der Waals surface area contributed by atoms with Gasteiger partial charge in [-0.25, -0.2) is 4.98 Å². The van der Waals surface area contributed by atoms with Crippen molar-refractivity contribution in [3.8, 4) is 11.5 Å². The number of carbonyl (C=O) groups excluding carboxylic acids is 1. The lowest BCUT2D eigenvalue weighted by Crippen LogP contribution is -2.43. The maximum absolute atomic E-state index is 12.5. The van der Waals surface area contributed by atoms with Gasteiger partial charge in [0.15, 0.2) is 11.5 Å². The van der Waals surface area contributed by atoms with Crippen LogP contribution in [-0.4, -0.2) is 51.3 Å². The van der Waals surface area contributed by atoms with E-state index in [9.17, 15) is 4.79 Å². The van der Waals surface area contributed by atoms with Crippen molar-refractivity contribution in [3.05, 3.63) is 42.1 Å². The lowest BCUT2D eigenvalue weighted by molar-refractivity contribution is 0.102. The molecule has 26 heavy (non-hydrogen) atoms. The van der Waals surface area contributed by atoms with Gasteiger partial charge in [-0.1, -0.05) is 6.07 Å². The van der Waals surface area contributed by atoms with Crippen LogP contribution in [0.4, 0.5) is 11.5 Å². The van der Waals surface area contributed by atoms with Gasteiger partial charge in [-0.2, -0.15) is 0 Å². The molecule has 0 aliphatic carbocycles. The molecular formula is C18H23ClN4O3. The molecule has 140 valence electrons. The predicted molar refractivity (Wildman–Crippen MR) is 104 cm³/mol. The predicted octanol–water partition coefficient (Wildman–Crippen LogP) is 2.18. The Balaban J connectivity index is 0.00000243. The standard InChI is InChI=1S/C18H22N4O3.ClH/c1-24-15-5-3-4-14(17(15)25-2)18(23)21-16-7-6-13(12-20-16)22-10-8-19-9-11-22;/h3-7,12,19H,8-11H2,1-2H3,(H,20,21,23);1H. The van der Waals surface area contributed by atoms with Gasteiger partial charge in [-0.15, -0.1) is 12.4 Å². The molecule has 0 saturated carbocycles. The molecule has 2 aromatic rings. The summed E-state index contributed by atoms with van der Waals surface area (Å²) < 4.78 is 10.5. The van der Waals surface area contributed by atoms with Gasteiger partial charge in [0.05, 0.1) is 31.7 Å². The number of amides is 1. The molecule has 0 spiro atoms. The molecule has 2 N–H and O–H groups in total. The molecule has 0 atom stereocenters. The second-order valence-electron chi connectivity index (χ2n) is 5.63. The molecule has 1 aliphatic rings. The Labute approximate surface area is 159 Å². The van der Waals surface area contributed by atoms with Gasteiger partial charge in [-0.05, 0) is 24.3 Å². The van der Waals surface area contributed by atoms with E-state index in [0.717, 1.165) is 31.9 Å². The first-order valence-electron chi connectivity index (χ1n) is 8.17. The van der Waals surface area contributed by atoms with Gasteiger partial charge in [0, 0.05) is 26.2 Å². The zero-order valence-corrected chi connectivity index (χ0v) is 15.6. The molecule has 1 aromatic heterocycles. The number of carbonyl (C=O) groups is 1. The topological polar surface area (TPSA) is 75.7 Å². The highest BCUT2D eigenvalue weighted by Gasteiger charge is 2.17. The molecule has 1 aromatic carbocycles. The van der Waals surface area contributed by atoms with Crippen molar-refractivity contribution < 1.29 is 14.3 Å². The highest BCUT2D eigenvalue weighted by atomic mass is 35.5. The number of rotatable bonds is 5. The van der Waals surface area contributed by atoms with E-state index in [1.807, 2.05) is 12.1 Å². The summed E-state index contributed by atoms with van der Waals surface area (Å²) in [6.07, 6.45) is 1.78. The number of aromatic nitrogens is 1. The van der Waals surface area contributed by atoms with Crippen LogP contribution in [0.1, 0.15) is 10.4 Å². The van der Waals surface area contributed by atoms with Crippen LogP contribution >= 0.6 is 12.4 Å². The van der Waals surface area contributed by atoms with E-state index in [0.29, 0.717) is 22.9 Å². The maximum Gasteiger partial charge on any atom is 0.260 e. The van der Waals surface area contributed by atoms with Gasteiger partial charge >= 0.3 is 0 Å². The summed E-state index contributed by atoms with van der Waals surface area (Å²) >= 11 is 0. The molecule has 1 saturated heterocycles. The number of methoxy groups -OCH3 is 2. The van der Waals surface area contributed by atoms with Crippen molar-refractivity contribution in [2.75, 3.05) is 50.6 Å². The minimum atomic E-state index is -0.293. The number of hydrogen-bond acceptors (Lipinski definition) is 6.